The molecule has 0 bridgehead atoms. The van der Waals surface area contributed by atoms with E-state index in [-0.39, 0.29) is 0 Å². The molecule has 2 rings (SSSR count). The highest BCUT2D eigenvalue weighted by Gasteiger charge is 2.29. The molecule has 1 saturated heterocycles. The molecule has 1 aliphatic heterocycles. The Labute approximate surface area is 101 Å². The van der Waals surface area contributed by atoms with Crippen LogP contribution in [0.5, 0.6) is 0 Å². The first-order valence-electron chi connectivity index (χ1n) is 7.28. The van der Waals surface area contributed by atoms with E-state index in [4.69, 9.17) is 0 Å². The number of hydrogen-bond acceptors (Lipinski definition) is 2. The van der Waals surface area contributed by atoms with Crippen LogP contribution in [0.25, 0.3) is 0 Å². The van der Waals surface area contributed by atoms with Crippen molar-refractivity contribution >= 4 is 0 Å². The Hall–Kier alpha value is -0.0800. The van der Waals surface area contributed by atoms with Gasteiger partial charge in [-0.15, -0.1) is 0 Å². The van der Waals surface area contributed by atoms with E-state index in [0.717, 1.165) is 18.0 Å². The second kappa shape index (κ2) is 6.02. The van der Waals surface area contributed by atoms with E-state index in [0.29, 0.717) is 0 Å². The molecule has 0 aromatic heterocycles. The van der Waals surface area contributed by atoms with Crippen LogP contribution in [-0.2, 0) is 0 Å². The Morgan fingerprint density at radius 2 is 2.00 bits per heavy atom. The van der Waals surface area contributed by atoms with E-state index in [9.17, 15) is 0 Å². The number of nitrogens with one attached hydrogen (secondary N) is 1. The molecule has 2 heteroatoms. The van der Waals surface area contributed by atoms with Crippen molar-refractivity contribution in [2.75, 3.05) is 19.6 Å². The Morgan fingerprint density at radius 3 is 2.56 bits per heavy atom. The molecule has 0 aromatic rings. The zero-order valence-corrected chi connectivity index (χ0v) is 11.0. The summed E-state index contributed by atoms with van der Waals surface area (Å²) >= 11 is 0. The molecular formula is C14H28N2. The van der Waals surface area contributed by atoms with Crippen LogP contribution in [0.2, 0.25) is 0 Å². The third-order valence-electron chi connectivity index (χ3n) is 4.56. The topological polar surface area (TPSA) is 15.3 Å². The predicted molar refractivity (Wildman–Crippen MR) is 69.7 cm³/mol. The van der Waals surface area contributed by atoms with Gasteiger partial charge in [-0.25, -0.2) is 0 Å². The Balaban J connectivity index is 1.84. The van der Waals surface area contributed by atoms with Gasteiger partial charge in [0.25, 0.3) is 0 Å². The van der Waals surface area contributed by atoms with Crippen LogP contribution in [0.1, 0.15) is 52.4 Å². The van der Waals surface area contributed by atoms with E-state index in [1.165, 1.54) is 58.2 Å². The summed E-state index contributed by atoms with van der Waals surface area (Å²) < 4.78 is 0. The predicted octanol–water partition coefficient (Wildman–Crippen LogP) is 2.64. The van der Waals surface area contributed by atoms with Crippen molar-refractivity contribution in [2.45, 2.75) is 64.5 Å². The van der Waals surface area contributed by atoms with Gasteiger partial charge >= 0.3 is 0 Å². The lowest BCUT2D eigenvalue weighted by Gasteiger charge is -2.35. The fraction of sp³-hybridized carbons (Fsp3) is 1.00. The summed E-state index contributed by atoms with van der Waals surface area (Å²) in [6.45, 7) is 8.52. The number of likely N-dealkylation sites (N-methyl/N-ethyl adjacent to an activating group) is 1. The summed E-state index contributed by atoms with van der Waals surface area (Å²) in [6, 6.07) is 1.63. The average molecular weight is 224 g/mol. The molecule has 16 heavy (non-hydrogen) atoms. The summed E-state index contributed by atoms with van der Waals surface area (Å²) in [7, 11) is 0. The molecule has 0 radical (unpaired) electrons. The lowest BCUT2D eigenvalue weighted by atomic mass is 10.0. The van der Waals surface area contributed by atoms with Gasteiger partial charge in [-0.1, -0.05) is 26.7 Å². The van der Waals surface area contributed by atoms with E-state index >= 15 is 0 Å². The molecule has 1 heterocycles. The van der Waals surface area contributed by atoms with Crippen molar-refractivity contribution in [3.8, 4) is 0 Å². The van der Waals surface area contributed by atoms with Gasteiger partial charge in [0.15, 0.2) is 0 Å². The third-order valence-corrected chi connectivity index (χ3v) is 4.56. The van der Waals surface area contributed by atoms with Crippen LogP contribution < -0.4 is 5.32 Å². The van der Waals surface area contributed by atoms with E-state index in [1.54, 1.807) is 0 Å². The summed E-state index contributed by atoms with van der Waals surface area (Å²) in [4.78, 5) is 2.74. The lowest BCUT2D eigenvalue weighted by Crippen LogP contribution is -2.47. The summed E-state index contributed by atoms with van der Waals surface area (Å²) in [5, 5.41) is 3.68. The largest absolute Gasteiger partial charge is 0.313 e. The maximum atomic E-state index is 3.68. The summed E-state index contributed by atoms with van der Waals surface area (Å²) in [6.07, 6.45) is 8.51. The van der Waals surface area contributed by atoms with Crippen LogP contribution in [0.4, 0.5) is 0 Å². The lowest BCUT2D eigenvalue weighted by molar-refractivity contribution is 0.149. The highest BCUT2D eigenvalue weighted by atomic mass is 15.2. The zero-order chi connectivity index (χ0) is 11.4. The Kier molecular flexibility index (Phi) is 4.66. The van der Waals surface area contributed by atoms with Gasteiger partial charge in [-0.2, -0.15) is 0 Å². The molecule has 94 valence electrons. The van der Waals surface area contributed by atoms with Crippen LogP contribution in [-0.4, -0.2) is 36.6 Å². The van der Waals surface area contributed by atoms with Crippen molar-refractivity contribution in [1.82, 2.24) is 10.2 Å². The SMILES string of the molecule is CCN(CC1CCCCN1)C1CCCC1C. The van der Waals surface area contributed by atoms with Gasteiger partial charge in [0.1, 0.15) is 0 Å². The number of rotatable bonds is 4. The Bertz CT molecular complexity index is 199. The number of hydrogen-bond donors (Lipinski definition) is 1. The molecule has 1 aliphatic carbocycles. The first-order chi connectivity index (χ1) is 7.81. The van der Waals surface area contributed by atoms with Crippen molar-refractivity contribution in [1.29, 1.82) is 0 Å². The molecule has 0 amide bonds. The second-order valence-electron chi connectivity index (χ2n) is 5.71. The van der Waals surface area contributed by atoms with Crippen LogP contribution in [0.15, 0.2) is 0 Å². The van der Waals surface area contributed by atoms with Gasteiger partial charge in [0.05, 0.1) is 0 Å². The second-order valence-corrected chi connectivity index (χ2v) is 5.71. The van der Waals surface area contributed by atoms with E-state index < -0.39 is 0 Å². The quantitative estimate of drug-likeness (QED) is 0.790. The molecule has 2 aliphatic rings. The van der Waals surface area contributed by atoms with Crippen molar-refractivity contribution in [2.24, 2.45) is 5.92 Å². The molecule has 3 unspecified atom stereocenters. The van der Waals surface area contributed by atoms with Crippen molar-refractivity contribution < 1.29 is 0 Å². The smallest absolute Gasteiger partial charge is 0.0195 e. The average Bonchev–Trinajstić information content (AvgIpc) is 2.74. The number of piperidine rings is 1. The minimum atomic E-state index is 0.765. The normalized spacial score (nSPS) is 35.8. The molecule has 0 aromatic carbocycles. The molecule has 0 spiro atoms. The van der Waals surface area contributed by atoms with Gasteiger partial charge < -0.3 is 5.32 Å². The molecule has 2 fully saturated rings. The molecular weight excluding hydrogens is 196 g/mol. The van der Waals surface area contributed by atoms with E-state index in [2.05, 4.69) is 24.1 Å². The maximum absolute atomic E-state index is 3.68. The van der Waals surface area contributed by atoms with Gasteiger partial charge in [-0.05, 0) is 44.7 Å². The highest BCUT2D eigenvalue weighted by Crippen LogP contribution is 2.29. The Morgan fingerprint density at radius 1 is 1.12 bits per heavy atom. The van der Waals surface area contributed by atoms with Crippen molar-refractivity contribution in [3.05, 3.63) is 0 Å². The maximum Gasteiger partial charge on any atom is 0.0195 e. The monoisotopic (exact) mass is 224 g/mol. The first kappa shape index (κ1) is 12.4. The van der Waals surface area contributed by atoms with Gasteiger partial charge in [0, 0.05) is 18.6 Å². The fourth-order valence-electron chi connectivity index (χ4n) is 3.53. The van der Waals surface area contributed by atoms with Crippen LogP contribution in [0, 0.1) is 5.92 Å². The fourth-order valence-corrected chi connectivity index (χ4v) is 3.53. The molecule has 1 N–H and O–H groups in total. The zero-order valence-electron chi connectivity index (χ0n) is 11.0. The minimum absolute atomic E-state index is 0.765. The number of nitrogens with zero attached hydrogens (tertiary/aromatic N) is 1. The highest BCUT2D eigenvalue weighted by molar-refractivity contribution is 4.85. The standard InChI is InChI=1S/C14H28N2/c1-3-16(14-9-6-7-12(14)2)11-13-8-4-5-10-15-13/h12-15H,3-11H2,1-2H3. The first-order valence-corrected chi connectivity index (χ1v) is 7.28. The molecule has 1 saturated carbocycles. The van der Waals surface area contributed by atoms with Crippen LogP contribution in [0.3, 0.4) is 0 Å². The van der Waals surface area contributed by atoms with E-state index in [1.807, 2.05) is 0 Å². The van der Waals surface area contributed by atoms with Gasteiger partial charge in [-0.3, -0.25) is 4.90 Å². The van der Waals surface area contributed by atoms with Crippen LogP contribution >= 0.6 is 0 Å². The molecule has 3 atom stereocenters. The summed E-state index contributed by atoms with van der Waals surface area (Å²) in [5.74, 6) is 0.920. The summed E-state index contributed by atoms with van der Waals surface area (Å²) in [5.41, 5.74) is 0. The van der Waals surface area contributed by atoms with Gasteiger partial charge in [0.2, 0.25) is 0 Å². The molecule has 2 nitrogen and oxygen atoms in total. The minimum Gasteiger partial charge on any atom is -0.313 e. The van der Waals surface area contributed by atoms with Crippen molar-refractivity contribution in [3.63, 3.8) is 0 Å². The third kappa shape index (κ3) is 2.98.